The Balaban J connectivity index is 3.97. The first kappa shape index (κ1) is 17.9. The van der Waals surface area contributed by atoms with E-state index in [9.17, 15) is 8.42 Å². The van der Waals surface area contributed by atoms with Gasteiger partial charge in [-0.15, -0.1) is 13.8 Å². The molecular weight excluding hydrogens is 267 g/mol. The first-order chi connectivity index (χ1) is 8.41. The predicted octanol–water partition coefficient (Wildman–Crippen LogP) is 1.82. The molecule has 6 heteroatoms. The molecule has 1 unspecified atom stereocenters. The van der Waals surface area contributed by atoms with Crippen LogP contribution in [0, 0.1) is 0 Å². The highest BCUT2D eigenvalue weighted by molar-refractivity contribution is 7.87. The summed E-state index contributed by atoms with van der Waals surface area (Å²) in [5, 5.41) is 0. The minimum absolute atomic E-state index is 0.380. The van der Waals surface area contributed by atoms with E-state index in [0.717, 1.165) is 30.7 Å². The van der Waals surface area contributed by atoms with E-state index in [2.05, 4.69) is 35.7 Å². The summed E-state index contributed by atoms with van der Waals surface area (Å²) in [6, 6.07) is 0. The van der Waals surface area contributed by atoms with Crippen LogP contribution in [0.1, 0.15) is 33.6 Å². The molecule has 0 heterocycles. The van der Waals surface area contributed by atoms with Gasteiger partial charge in [0.05, 0.1) is 0 Å². The van der Waals surface area contributed by atoms with E-state index in [1.54, 1.807) is 0 Å². The standard InChI is InChI=1S/C12H27N2O2PS/c1-5-7-8-12(3)11-14-18(15,16)13-9-10-17(4)6-2/h8,13-14,17H,4-7,9-11H2,1-3H3/b12-8+. The largest absolute Gasteiger partial charge is 0.277 e. The Kier molecular flexibility index (Phi) is 9.74. The highest BCUT2D eigenvalue weighted by atomic mass is 32.2. The minimum atomic E-state index is -3.36. The Morgan fingerprint density at radius 1 is 1.33 bits per heavy atom. The van der Waals surface area contributed by atoms with Crippen LogP contribution in [0.25, 0.3) is 0 Å². The molecule has 0 bridgehead atoms. The van der Waals surface area contributed by atoms with Gasteiger partial charge >= 0.3 is 0 Å². The lowest BCUT2D eigenvalue weighted by Crippen LogP contribution is -2.38. The normalized spacial score (nSPS) is 14.7. The molecule has 0 rings (SSSR count). The molecule has 0 aromatic rings. The number of rotatable bonds is 10. The fourth-order valence-electron chi connectivity index (χ4n) is 1.26. The molecule has 2 N–H and O–H groups in total. The third-order valence-electron chi connectivity index (χ3n) is 2.59. The minimum Gasteiger partial charge on any atom is -0.202 e. The molecule has 0 amide bonds. The predicted molar refractivity (Wildman–Crippen MR) is 84.4 cm³/mol. The van der Waals surface area contributed by atoms with E-state index in [-0.39, 0.29) is 0 Å². The van der Waals surface area contributed by atoms with Crippen LogP contribution < -0.4 is 9.44 Å². The van der Waals surface area contributed by atoms with Crippen LogP contribution in [0.5, 0.6) is 0 Å². The molecule has 0 radical (unpaired) electrons. The van der Waals surface area contributed by atoms with Crippen molar-refractivity contribution in [2.45, 2.75) is 33.6 Å². The number of hydrogen-bond donors (Lipinski definition) is 2. The molecule has 0 fully saturated rings. The molecule has 4 nitrogen and oxygen atoms in total. The van der Waals surface area contributed by atoms with Gasteiger partial charge in [-0.05, 0) is 25.7 Å². The van der Waals surface area contributed by atoms with E-state index in [0.29, 0.717) is 13.1 Å². The van der Waals surface area contributed by atoms with Gasteiger partial charge in [0.2, 0.25) is 0 Å². The topological polar surface area (TPSA) is 58.2 Å². The molecule has 0 aliphatic rings. The maximum atomic E-state index is 11.6. The first-order valence-electron chi connectivity index (χ1n) is 6.47. The zero-order valence-corrected chi connectivity index (χ0v) is 13.6. The van der Waals surface area contributed by atoms with Crippen molar-refractivity contribution in [1.29, 1.82) is 0 Å². The highest BCUT2D eigenvalue weighted by Gasteiger charge is 2.07. The molecule has 0 aromatic carbocycles. The third-order valence-corrected chi connectivity index (χ3v) is 5.66. The molecule has 0 aliphatic carbocycles. The lowest BCUT2D eigenvalue weighted by atomic mass is 10.2. The molecular formula is C12H27N2O2PS. The first-order valence-corrected chi connectivity index (χ1v) is 10.1. The van der Waals surface area contributed by atoms with Crippen LogP contribution in [0.2, 0.25) is 0 Å². The fraction of sp³-hybridized carbons (Fsp3) is 0.750. The van der Waals surface area contributed by atoms with Crippen LogP contribution in [0.15, 0.2) is 11.6 Å². The van der Waals surface area contributed by atoms with Gasteiger partial charge in [-0.3, -0.25) is 0 Å². The molecule has 108 valence electrons. The number of allylic oxidation sites excluding steroid dienone is 1. The van der Waals surface area contributed by atoms with Gasteiger partial charge in [-0.1, -0.05) is 31.9 Å². The third kappa shape index (κ3) is 9.89. The molecule has 0 aliphatic heterocycles. The maximum absolute atomic E-state index is 11.6. The van der Waals surface area contributed by atoms with Crippen molar-refractivity contribution in [3.05, 3.63) is 11.6 Å². The Morgan fingerprint density at radius 2 is 2.00 bits per heavy atom. The Labute approximate surface area is 113 Å². The van der Waals surface area contributed by atoms with Crippen LogP contribution in [-0.4, -0.2) is 40.1 Å². The average molecular weight is 294 g/mol. The van der Waals surface area contributed by atoms with Crippen LogP contribution in [0.3, 0.4) is 0 Å². The monoisotopic (exact) mass is 294 g/mol. The number of nitrogens with one attached hydrogen (secondary N) is 2. The summed E-state index contributed by atoms with van der Waals surface area (Å²) in [4.78, 5) is 0. The second-order valence-electron chi connectivity index (χ2n) is 4.41. The summed E-state index contributed by atoms with van der Waals surface area (Å²) in [5.74, 6) is 0. The van der Waals surface area contributed by atoms with Gasteiger partial charge < -0.3 is 0 Å². The zero-order valence-electron chi connectivity index (χ0n) is 11.8. The zero-order chi connectivity index (χ0) is 14.0. The van der Waals surface area contributed by atoms with Gasteiger partial charge in [0.15, 0.2) is 0 Å². The lowest BCUT2D eigenvalue weighted by molar-refractivity contribution is 0.572. The summed E-state index contributed by atoms with van der Waals surface area (Å²) in [6.45, 7) is 6.99. The molecule has 0 saturated carbocycles. The lowest BCUT2D eigenvalue weighted by Gasteiger charge is -2.09. The average Bonchev–Trinajstić information content (AvgIpc) is 2.33. The smallest absolute Gasteiger partial charge is 0.202 e. The van der Waals surface area contributed by atoms with Gasteiger partial charge in [0.1, 0.15) is 0 Å². The molecule has 18 heavy (non-hydrogen) atoms. The van der Waals surface area contributed by atoms with Crippen molar-refractivity contribution >= 4 is 24.1 Å². The molecule has 0 saturated heterocycles. The summed E-state index contributed by atoms with van der Waals surface area (Å²) >= 11 is 0. The fourth-order valence-corrected chi connectivity index (χ4v) is 3.17. The number of hydrogen-bond acceptors (Lipinski definition) is 2. The maximum Gasteiger partial charge on any atom is 0.277 e. The summed E-state index contributed by atoms with van der Waals surface area (Å²) in [7, 11) is -3.97. The van der Waals surface area contributed by atoms with Crippen molar-refractivity contribution in [2.75, 3.05) is 25.4 Å². The van der Waals surface area contributed by atoms with Crippen molar-refractivity contribution in [3.63, 3.8) is 0 Å². The summed E-state index contributed by atoms with van der Waals surface area (Å²) < 4.78 is 28.3. The van der Waals surface area contributed by atoms with E-state index in [4.69, 9.17) is 0 Å². The van der Waals surface area contributed by atoms with Gasteiger partial charge in [-0.2, -0.15) is 13.1 Å². The Hall–Kier alpha value is -0.0900. The van der Waals surface area contributed by atoms with E-state index in [1.165, 1.54) is 0 Å². The van der Waals surface area contributed by atoms with E-state index < -0.39 is 17.8 Å². The van der Waals surface area contributed by atoms with Crippen molar-refractivity contribution in [1.82, 2.24) is 9.44 Å². The summed E-state index contributed by atoms with van der Waals surface area (Å²) in [5.41, 5.74) is 1.05. The Bertz CT molecular complexity index is 378. The van der Waals surface area contributed by atoms with Gasteiger partial charge in [0.25, 0.3) is 10.2 Å². The quantitative estimate of drug-likeness (QED) is 0.477. The van der Waals surface area contributed by atoms with Gasteiger partial charge in [-0.25, -0.2) is 4.72 Å². The van der Waals surface area contributed by atoms with Crippen molar-refractivity contribution < 1.29 is 8.42 Å². The van der Waals surface area contributed by atoms with Crippen LogP contribution in [-0.2, 0) is 10.2 Å². The van der Waals surface area contributed by atoms with Crippen molar-refractivity contribution in [2.24, 2.45) is 0 Å². The summed E-state index contributed by atoms with van der Waals surface area (Å²) in [6.07, 6.45) is 10.1. The van der Waals surface area contributed by atoms with Crippen LogP contribution in [0.4, 0.5) is 0 Å². The second-order valence-corrected chi connectivity index (χ2v) is 8.70. The van der Waals surface area contributed by atoms with Crippen LogP contribution >= 0.6 is 7.55 Å². The molecule has 0 aromatic heterocycles. The second kappa shape index (κ2) is 9.79. The molecule has 1 atom stereocenters. The van der Waals surface area contributed by atoms with Crippen molar-refractivity contribution in [3.8, 4) is 0 Å². The van der Waals surface area contributed by atoms with E-state index in [1.807, 2.05) is 6.92 Å². The number of unbranched alkanes of at least 4 members (excludes halogenated alkanes) is 1. The molecule has 0 spiro atoms. The highest BCUT2D eigenvalue weighted by Crippen LogP contribution is 2.16. The SMILES string of the molecule is C=[PH](CC)CCNS(=O)(=O)NC/C(C)=C/CCC. The van der Waals surface area contributed by atoms with Gasteiger partial charge in [0, 0.05) is 13.1 Å². The Morgan fingerprint density at radius 3 is 2.56 bits per heavy atom. The van der Waals surface area contributed by atoms with E-state index >= 15 is 0 Å².